The fourth-order valence-corrected chi connectivity index (χ4v) is 3.13. The molecule has 1 unspecified atom stereocenters. The first-order chi connectivity index (χ1) is 8.86. The van der Waals surface area contributed by atoms with E-state index in [0.29, 0.717) is 12.0 Å². The number of piperidine rings is 1. The van der Waals surface area contributed by atoms with Crippen molar-refractivity contribution in [3.8, 4) is 0 Å². The highest BCUT2D eigenvalue weighted by atomic mass is 16.5. The first-order valence-corrected chi connectivity index (χ1v) is 7.06. The maximum atomic E-state index is 5.46. The zero-order chi connectivity index (χ0) is 12.4. The van der Waals surface area contributed by atoms with Crippen LogP contribution in [0.3, 0.4) is 0 Å². The number of hydrogen-bond donors (Lipinski definition) is 1. The van der Waals surface area contributed by atoms with Gasteiger partial charge in [-0.2, -0.15) is 0 Å². The molecule has 100 valence electrons. The molecular weight excluding hydrogens is 228 g/mol. The Morgan fingerprint density at radius 2 is 2.06 bits per heavy atom. The summed E-state index contributed by atoms with van der Waals surface area (Å²) in [6.45, 7) is 5.99. The number of aromatic nitrogens is 3. The van der Waals surface area contributed by atoms with Crippen LogP contribution in [0.2, 0.25) is 0 Å². The van der Waals surface area contributed by atoms with Crippen molar-refractivity contribution in [3.63, 3.8) is 0 Å². The van der Waals surface area contributed by atoms with Crippen molar-refractivity contribution in [3.05, 3.63) is 11.6 Å². The second-order valence-corrected chi connectivity index (χ2v) is 5.36. The van der Waals surface area contributed by atoms with Gasteiger partial charge in [0.1, 0.15) is 11.6 Å². The summed E-state index contributed by atoms with van der Waals surface area (Å²) in [5.74, 6) is 2.77. The molecule has 1 N–H and O–H groups in total. The summed E-state index contributed by atoms with van der Waals surface area (Å²) in [6, 6.07) is 0.533. The Hall–Kier alpha value is -0.940. The summed E-state index contributed by atoms with van der Waals surface area (Å²) in [5, 5.41) is 12.2. The fourth-order valence-electron chi connectivity index (χ4n) is 3.13. The molecule has 0 spiro atoms. The van der Waals surface area contributed by atoms with Gasteiger partial charge < -0.3 is 14.6 Å². The third kappa shape index (κ3) is 2.29. The monoisotopic (exact) mass is 250 g/mol. The smallest absolute Gasteiger partial charge is 0.137 e. The molecule has 5 nitrogen and oxygen atoms in total. The minimum absolute atomic E-state index is 0.530. The van der Waals surface area contributed by atoms with E-state index in [9.17, 15) is 0 Å². The van der Waals surface area contributed by atoms with E-state index in [1.54, 1.807) is 0 Å². The molecule has 2 aliphatic rings. The van der Waals surface area contributed by atoms with E-state index in [0.717, 1.165) is 45.0 Å². The highest BCUT2D eigenvalue weighted by Gasteiger charge is 2.26. The lowest BCUT2D eigenvalue weighted by Crippen LogP contribution is -2.31. The molecule has 2 aliphatic heterocycles. The van der Waals surface area contributed by atoms with E-state index >= 15 is 0 Å². The molecule has 0 aliphatic carbocycles. The Morgan fingerprint density at radius 3 is 2.78 bits per heavy atom. The second kappa shape index (κ2) is 5.36. The van der Waals surface area contributed by atoms with E-state index in [2.05, 4.69) is 27.0 Å². The highest BCUT2D eigenvalue weighted by Crippen LogP contribution is 2.29. The third-order valence-electron chi connectivity index (χ3n) is 4.11. The van der Waals surface area contributed by atoms with E-state index in [4.69, 9.17) is 4.74 Å². The van der Waals surface area contributed by atoms with Crippen LogP contribution in [0.15, 0.2) is 0 Å². The van der Waals surface area contributed by atoms with Gasteiger partial charge in [-0.3, -0.25) is 0 Å². The number of nitrogens with zero attached hydrogens (tertiary/aromatic N) is 3. The number of aryl methyl sites for hydroxylation is 1. The van der Waals surface area contributed by atoms with Crippen LogP contribution in [-0.2, 0) is 4.74 Å². The van der Waals surface area contributed by atoms with E-state index in [-0.39, 0.29) is 0 Å². The van der Waals surface area contributed by atoms with Crippen LogP contribution in [0.25, 0.3) is 0 Å². The van der Waals surface area contributed by atoms with Gasteiger partial charge in [0, 0.05) is 31.7 Å². The second-order valence-electron chi connectivity index (χ2n) is 5.36. The van der Waals surface area contributed by atoms with Gasteiger partial charge in [0.15, 0.2) is 0 Å². The molecule has 5 heteroatoms. The van der Waals surface area contributed by atoms with E-state index in [1.807, 2.05) is 0 Å². The van der Waals surface area contributed by atoms with Gasteiger partial charge in [0.05, 0.1) is 0 Å². The van der Waals surface area contributed by atoms with Crippen molar-refractivity contribution in [2.24, 2.45) is 0 Å². The molecule has 3 heterocycles. The molecule has 3 rings (SSSR count). The average molecular weight is 250 g/mol. The average Bonchev–Trinajstić information content (AvgIpc) is 2.83. The molecule has 1 aromatic rings. The number of ether oxygens (including phenoxy) is 1. The summed E-state index contributed by atoms with van der Waals surface area (Å²) in [4.78, 5) is 0. The first kappa shape index (κ1) is 12.1. The predicted molar refractivity (Wildman–Crippen MR) is 68.7 cm³/mol. The Kier molecular flexibility index (Phi) is 3.61. The number of rotatable bonds is 2. The van der Waals surface area contributed by atoms with Crippen molar-refractivity contribution in [2.75, 3.05) is 26.3 Å². The summed E-state index contributed by atoms with van der Waals surface area (Å²) in [5.41, 5.74) is 0. The molecule has 2 saturated heterocycles. The molecule has 0 amide bonds. The lowest BCUT2D eigenvalue weighted by Gasteiger charge is -2.29. The van der Waals surface area contributed by atoms with Crippen molar-refractivity contribution < 1.29 is 4.74 Å². The van der Waals surface area contributed by atoms with Gasteiger partial charge in [-0.25, -0.2) is 0 Å². The molecule has 18 heavy (non-hydrogen) atoms. The van der Waals surface area contributed by atoms with Gasteiger partial charge in [0.2, 0.25) is 0 Å². The molecule has 1 aromatic heterocycles. The van der Waals surface area contributed by atoms with Crippen LogP contribution in [0.1, 0.15) is 49.3 Å². The van der Waals surface area contributed by atoms with Crippen LogP contribution in [-0.4, -0.2) is 41.1 Å². The van der Waals surface area contributed by atoms with Crippen LogP contribution in [0.4, 0.5) is 0 Å². The van der Waals surface area contributed by atoms with Crippen LogP contribution in [0, 0.1) is 6.92 Å². The Morgan fingerprint density at radius 1 is 1.22 bits per heavy atom. The Bertz CT molecular complexity index is 392. The Balaban J connectivity index is 1.85. The fraction of sp³-hybridized carbons (Fsp3) is 0.846. The van der Waals surface area contributed by atoms with Gasteiger partial charge >= 0.3 is 0 Å². The molecule has 2 fully saturated rings. The quantitative estimate of drug-likeness (QED) is 0.862. The molecule has 0 bridgehead atoms. The highest BCUT2D eigenvalue weighted by molar-refractivity contribution is 5.05. The van der Waals surface area contributed by atoms with Gasteiger partial charge in [-0.15, -0.1) is 10.2 Å². The maximum absolute atomic E-state index is 5.46. The molecule has 1 atom stereocenters. The predicted octanol–water partition coefficient (Wildman–Crippen LogP) is 1.41. The zero-order valence-corrected chi connectivity index (χ0v) is 11.1. The van der Waals surface area contributed by atoms with Gasteiger partial charge in [-0.1, -0.05) is 0 Å². The van der Waals surface area contributed by atoms with Gasteiger partial charge in [-0.05, 0) is 39.2 Å². The van der Waals surface area contributed by atoms with E-state index < -0.39 is 0 Å². The maximum Gasteiger partial charge on any atom is 0.137 e. The summed E-state index contributed by atoms with van der Waals surface area (Å²) < 4.78 is 7.83. The normalized spacial score (nSPS) is 26.4. The Labute approximate surface area is 108 Å². The third-order valence-corrected chi connectivity index (χ3v) is 4.11. The molecule has 0 radical (unpaired) electrons. The SMILES string of the molecule is Cc1nnc(C2CCCNC2)n1C1CCOCC1. The van der Waals surface area contributed by atoms with Crippen molar-refractivity contribution in [1.82, 2.24) is 20.1 Å². The van der Waals surface area contributed by atoms with Crippen LogP contribution >= 0.6 is 0 Å². The van der Waals surface area contributed by atoms with Crippen molar-refractivity contribution in [1.29, 1.82) is 0 Å². The summed E-state index contributed by atoms with van der Waals surface area (Å²) in [7, 11) is 0. The molecular formula is C13H22N4O. The summed E-state index contributed by atoms with van der Waals surface area (Å²) >= 11 is 0. The minimum atomic E-state index is 0.530. The van der Waals surface area contributed by atoms with E-state index in [1.165, 1.54) is 18.7 Å². The topological polar surface area (TPSA) is 52.0 Å². The number of hydrogen-bond acceptors (Lipinski definition) is 4. The van der Waals surface area contributed by atoms with Crippen molar-refractivity contribution in [2.45, 2.75) is 44.6 Å². The number of nitrogens with one attached hydrogen (secondary N) is 1. The molecule has 0 saturated carbocycles. The van der Waals surface area contributed by atoms with Crippen molar-refractivity contribution >= 4 is 0 Å². The van der Waals surface area contributed by atoms with Crippen LogP contribution < -0.4 is 5.32 Å². The lowest BCUT2D eigenvalue weighted by atomic mass is 9.97. The standard InChI is InChI=1S/C13H22N4O/c1-10-15-16-13(11-3-2-6-14-9-11)17(10)12-4-7-18-8-5-12/h11-12,14H,2-9H2,1H3. The zero-order valence-electron chi connectivity index (χ0n) is 11.1. The van der Waals surface area contributed by atoms with Crippen LogP contribution in [0.5, 0.6) is 0 Å². The lowest BCUT2D eigenvalue weighted by molar-refractivity contribution is 0.0678. The minimum Gasteiger partial charge on any atom is -0.381 e. The molecule has 0 aromatic carbocycles. The largest absolute Gasteiger partial charge is 0.381 e. The van der Waals surface area contributed by atoms with Gasteiger partial charge in [0.25, 0.3) is 0 Å². The summed E-state index contributed by atoms with van der Waals surface area (Å²) in [6.07, 6.45) is 4.65. The first-order valence-electron chi connectivity index (χ1n) is 7.06.